The van der Waals surface area contributed by atoms with Gasteiger partial charge in [-0.2, -0.15) is 5.26 Å². The summed E-state index contributed by atoms with van der Waals surface area (Å²) >= 11 is 0. The summed E-state index contributed by atoms with van der Waals surface area (Å²) in [5.41, 5.74) is 16.0. The molecule has 4 heteroatoms. The molecule has 4 aliphatic rings. The van der Waals surface area contributed by atoms with Crippen molar-refractivity contribution in [1.29, 1.82) is 5.26 Å². The number of aromatic nitrogens is 3. The molecule has 1 aromatic heterocycles. The zero-order chi connectivity index (χ0) is 49.0. The van der Waals surface area contributed by atoms with Gasteiger partial charge in [-0.1, -0.05) is 167 Å². The second-order valence-corrected chi connectivity index (χ2v) is 23.3. The third-order valence-electron chi connectivity index (χ3n) is 17.5. The molecule has 4 saturated carbocycles. The van der Waals surface area contributed by atoms with Crippen LogP contribution in [-0.2, 0) is 10.8 Å². The van der Waals surface area contributed by atoms with Gasteiger partial charge in [-0.3, -0.25) is 0 Å². The second kappa shape index (κ2) is 18.9. The first kappa shape index (κ1) is 46.1. The lowest BCUT2D eigenvalue weighted by Gasteiger charge is -2.50. The van der Waals surface area contributed by atoms with Gasteiger partial charge in [0.15, 0.2) is 17.5 Å². The molecular weight excluding hydrogens is 873 g/mol. The topological polar surface area (TPSA) is 62.5 Å². The fourth-order valence-electron chi connectivity index (χ4n) is 15.1. The summed E-state index contributed by atoms with van der Waals surface area (Å²) in [6.45, 7) is 9.87. The Bertz CT molecular complexity index is 3230. The number of nitriles is 1. The van der Waals surface area contributed by atoms with E-state index in [1.165, 1.54) is 80.9 Å². The van der Waals surface area contributed by atoms with Crippen molar-refractivity contribution in [2.75, 3.05) is 0 Å². The molecule has 4 nitrogen and oxygen atoms in total. The summed E-state index contributed by atoms with van der Waals surface area (Å²) in [5.74, 6) is 6.67. The van der Waals surface area contributed by atoms with Gasteiger partial charge in [-0.05, 0) is 197 Å². The van der Waals surface area contributed by atoms with E-state index >= 15 is 0 Å². The van der Waals surface area contributed by atoms with Crippen LogP contribution in [0.5, 0.6) is 0 Å². The van der Waals surface area contributed by atoms with Gasteiger partial charge in [0.25, 0.3) is 0 Å². The van der Waals surface area contributed by atoms with Crippen molar-refractivity contribution in [2.24, 2.45) is 35.5 Å². The van der Waals surface area contributed by atoms with Gasteiger partial charge in [0.1, 0.15) is 0 Å². The third kappa shape index (κ3) is 9.02. The molecule has 0 aliphatic heterocycles. The first-order chi connectivity index (χ1) is 35.1. The average Bonchev–Trinajstić information content (AvgIpc) is 3.40. The van der Waals surface area contributed by atoms with Gasteiger partial charge < -0.3 is 0 Å². The van der Waals surface area contributed by atoms with E-state index in [1.54, 1.807) is 5.56 Å². The maximum absolute atomic E-state index is 9.71. The summed E-state index contributed by atoms with van der Waals surface area (Å²) in [5, 5.41) is 9.71. The number of hydrogen-bond acceptors (Lipinski definition) is 4. The molecule has 0 N–H and O–H groups in total. The minimum absolute atomic E-state index is 0.235. The summed E-state index contributed by atoms with van der Waals surface area (Å²) < 4.78 is 0. The molecule has 2 unspecified atom stereocenters. The van der Waals surface area contributed by atoms with Crippen LogP contribution in [0.1, 0.15) is 109 Å². The standard InChI is InChI=1S/C68H66N4/c1-44-31-49-32-45(2)38-67(37-44,41-49)60-26-21-53(22-27-60)52-17-19-54(20-18-52)57-11-8-12-59(35-57)65-70-64(56-23-28-61(29-24-56)68-39-46(3)33-50(42-68)34-47(4)40-68)71-66(72-65)62-30-25-58(51-9-6-5-7-10-51)36-63(62)55-15-13-48(43-69)14-16-55/h5-30,35-36,44-47,49-50H,31-34,37-42H2,1-4H3/t44-,45+,46-,47+,49-,50-,67?,68?. The molecule has 0 saturated heterocycles. The molecule has 8 atom stereocenters. The number of fused-ring (bicyclic) bond motifs is 4. The Labute approximate surface area is 427 Å². The van der Waals surface area contributed by atoms with Crippen molar-refractivity contribution < 1.29 is 0 Å². The molecule has 12 rings (SSSR count). The van der Waals surface area contributed by atoms with Crippen molar-refractivity contribution in [1.82, 2.24) is 15.0 Å². The predicted molar refractivity (Wildman–Crippen MR) is 296 cm³/mol. The average molecular weight is 939 g/mol. The first-order valence-electron chi connectivity index (χ1n) is 27.0. The van der Waals surface area contributed by atoms with Crippen LogP contribution >= 0.6 is 0 Å². The fourth-order valence-corrected chi connectivity index (χ4v) is 15.1. The highest BCUT2D eigenvalue weighted by molar-refractivity contribution is 5.86. The normalized spacial score (nSPS) is 25.6. The Hall–Kier alpha value is -6.96. The highest BCUT2D eigenvalue weighted by atomic mass is 15.0. The lowest BCUT2D eigenvalue weighted by molar-refractivity contribution is 0.0779. The smallest absolute Gasteiger partial charge is 0.164 e. The molecular formula is C68H66N4. The molecule has 0 radical (unpaired) electrons. The minimum Gasteiger partial charge on any atom is -0.208 e. The second-order valence-electron chi connectivity index (χ2n) is 23.3. The lowest BCUT2D eigenvalue weighted by atomic mass is 9.54. The van der Waals surface area contributed by atoms with Crippen LogP contribution in [0.4, 0.5) is 0 Å². The zero-order valence-electron chi connectivity index (χ0n) is 42.5. The van der Waals surface area contributed by atoms with Crippen molar-refractivity contribution in [3.8, 4) is 84.7 Å². The molecule has 1 heterocycles. The Morgan fingerprint density at radius 3 is 1.31 bits per heavy atom. The Morgan fingerprint density at radius 1 is 0.361 bits per heavy atom. The monoisotopic (exact) mass is 939 g/mol. The van der Waals surface area contributed by atoms with Crippen LogP contribution in [0.15, 0.2) is 170 Å². The fraction of sp³-hybridized carbons (Fsp3) is 0.324. The van der Waals surface area contributed by atoms with Crippen LogP contribution < -0.4 is 0 Å². The van der Waals surface area contributed by atoms with Crippen molar-refractivity contribution >= 4 is 0 Å². The molecule has 72 heavy (non-hydrogen) atoms. The minimum atomic E-state index is 0.235. The maximum atomic E-state index is 9.71. The van der Waals surface area contributed by atoms with Gasteiger partial charge in [-0.15, -0.1) is 0 Å². The quantitative estimate of drug-likeness (QED) is 0.145. The van der Waals surface area contributed by atoms with Gasteiger partial charge >= 0.3 is 0 Å². The van der Waals surface area contributed by atoms with Gasteiger partial charge in [0.2, 0.25) is 0 Å². The summed E-state index contributed by atoms with van der Waals surface area (Å²) in [4.78, 5) is 16.0. The molecule has 4 fully saturated rings. The summed E-state index contributed by atoms with van der Waals surface area (Å²) in [6.07, 6.45) is 13.3. The van der Waals surface area contributed by atoms with E-state index in [1.807, 2.05) is 30.3 Å². The predicted octanol–water partition coefficient (Wildman–Crippen LogP) is 17.6. The van der Waals surface area contributed by atoms with E-state index in [0.717, 1.165) is 85.6 Å². The maximum Gasteiger partial charge on any atom is 0.164 e. The Kier molecular flexibility index (Phi) is 12.1. The Balaban J connectivity index is 0.910. The van der Waals surface area contributed by atoms with E-state index in [9.17, 15) is 5.26 Å². The van der Waals surface area contributed by atoms with E-state index < -0.39 is 0 Å². The Morgan fingerprint density at radius 2 is 0.764 bits per heavy atom. The van der Waals surface area contributed by atoms with E-state index in [4.69, 9.17) is 15.0 Å². The van der Waals surface area contributed by atoms with E-state index in [0.29, 0.717) is 28.5 Å². The van der Waals surface area contributed by atoms with Crippen molar-refractivity contribution in [3.05, 3.63) is 187 Å². The van der Waals surface area contributed by atoms with Crippen LogP contribution in [0, 0.1) is 46.8 Å². The highest BCUT2D eigenvalue weighted by Gasteiger charge is 2.46. The third-order valence-corrected chi connectivity index (χ3v) is 17.5. The number of hydrogen-bond donors (Lipinski definition) is 0. The van der Waals surface area contributed by atoms with Crippen LogP contribution in [0.25, 0.3) is 78.7 Å². The van der Waals surface area contributed by atoms with Gasteiger partial charge in [-0.25, -0.2) is 15.0 Å². The number of nitrogens with zero attached hydrogens (tertiary/aromatic N) is 4. The molecule has 4 bridgehead atoms. The van der Waals surface area contributed by atoms with Crippen molar-refractivity contribution in [2.45, 2.75) is 103 Å². The number of benzene rings is 7. The molecule has 8 aromatic rings. The molecule has 358 valence electrons. The van der Waals surface area contributed by atoms with Gasteiger partial charge in [0.05, 0.1) is 11.6 Å². The largest absolute Gasteiger partial charge is 0.208 e. The van der Waals surface area contributed by atoms with Crippen LogP contribution in [-0.4, -0.2) is 15.0 Å². The first-order valence-corrected chi connectivity index (χ1v) is 27.0. The van der Waals surface area contributed by atoms with E-state index in [2.05, 4.69) is 173 Å². The van der Waals surface area contributed by atoms with Crippen LogP contribution in [0.3, 0.4) is 0 Å². The number of rotatable bonds is 9. The molecule has 0 amide bonds. The summed E-state index contributed by atoms with van der Waals surface area (Å²) in [7, 11) is 0. The van der Waals surface area contributed by atoms with E-state index in [-0.39, 0.29) is 5.41 Å². The van der Waals surface area contributed by atoms with Crippen molar-refractivity contribution in [3.63, 3.8) is 0 Å². The molecule has 4 aliphatic carbocycles. The highest BCUT2D eigenvalue weighted by Crippen LogP contribution is 2.55. The molecule has 0 spiro atoms. The zero-order valence-corrected chi connectivity index (χ0v) is 42.5. The molecule has 7 aromatic carbocycles. The van der Waals surface area contributed by atoms with Gasteiger partial charge in [0, 0.05) is 16.7 Å². The summed E-state index contributed by atoms with van der Waals surface area (Å²) in [6, 6.07) is 63.7. The lowest BCUT2D eigenvalue weighted by Crippen LogP contribution is -2.42. The van der Waals surface area contributed by atoms with Crippen LogP contribution in [0.2, 0.25) is 0 Å². The SMILES string of the molecule is C[C@@H]1C[C@@H]2C[C@H](C)CC(c3ccc(-c4ccc(-c5cccc(-c6nc(-c7ccc(C89C[C@H](C)C[C@H](C[C@H](C)C8)C9)cc7)nc(-c7ccc(-c8ccccc8)cc7-c7ccc(C#N)cc7)n6)c5)cc4)cc3)(C1)C2.